The second-order valence-corrected chi connectivity index (χ2v) is 8.00. The van der Waals surface area contributed by atoms with E-state index in [1.54, 1.807) is 18.4 Å². The fourth-order valence-corrected chi connectivity index (χ4v) is 4.74. The third-order valence-corrected chi connectivity index (χ3v) is 6.09. The Morgan fingerprint density at radius 1 is 1.27 bits per heavy atom. The first-order valence-corrected chi connectivity index (χ1v) is 9.93. The summed E-state index contributed by atoms with van der Waals surface area (Å²) in [6.07, 6.45) is 0.593. The van der Waals surface area contributed by atoms with Gasteiger partial charge in [-0.3, -0.25) is 9.36 Å². The van der Waals surface area contributed by atoms with Gasteiger partial charge in [0.1, 0.15) is 17.1 Å². The zero-order valence-electron chi connectivity index (χ0n) is 14.3. The number of ether oxygens (including phenoxy) is 2. The van der Waals surface area contributed by atoms with Crippen LogP contribution in [0.3, 0.4) is 0 Å². The standard InChI is InChI=1S/C18H17N3O3S2/c1-11-10-15(17(22)24-11)26-18-20-19-16(14-8-5-9-25-14)21(18)12-6-3-4-7-13(12)23-2/h3-9,11,15H,10H2,1-2H3/t11-,15+/m0/s1. The molecule has 0 N–H and O–H groups in total. The first-order valence-electron chi connectivity index (χ1n) is 8.17. The maximum atomic E-state index is 12.1. The minimum atomic E-state index is -0.279. The van der Waals surface area contributed by atoms with Crippen LogP contribution in [0.25, 0.3) is 16.4 Å². The molecule has 1 aliphatic heterocycles. The Labute approximate surface area is 159 Å². The van der Waals surface area contributed by atoms with Gasteiger partial charge >= 0.3 is 5.97 Å². The van der Waals surface area contributed by atoms with Crippen LogP contribution in [0.2, 0.25) is 0 Å². The molecule has 134 valence electrons. The number of benzene rings is 1. The summed E-state index contributed by atoms with van der Waals surface area (Å²) in [5.74, 6) is 1.25. The Morgan fingerprint density at radius 2 is 2.12 bits per heavy atom. The summed E-state index contributed by atoms with van der Waals surface area (Å²) in [4.78, 5) is 13.1. The van der Waals surface area contributed by atoms with Crippen LogP contribution in [0.5, 0.6) is 5.75 Å². The molecule has 3 heterocycles. The van der Waals surface area contributed by atoms with Crippen LogP contribution in [-0.4, -0.2) is 39.2 Å². The lowest BCUT2D eigenvalue weighted by Gasteiger charge is -2.14. The van der Waals surface area contributed by atoms with Gasteiger partial charge < -0.3 is 9.47 Å². The highest BCUT2D eigenvalue weighted by Crippen LogP contribution is 2.37. The maximum Gasteiger partial charge on any atom is 0.319 e. The highest BCUT2D eigenvalue weighted by Gasteiger charge is 2.34. The van der Waals surface area contributed by atoms with Gasteiger partial charge in [0.25, 0.3) is 0 Å². The van der Waals surface area contributed by atoms with Gasteiger partial charge in [-0.15, -0.1) is 21.5 Å². The van der Waals surface area contributed by atoms with E-state index in [0.717, 1.165) is 16.4 Å². The molecule has 8 heteroatoms. The van der Waals surface area contributed by atoms with Crippen molar-refractivity contribution < 1.29 is 14.3 Å². The third kappa shape index (κ3) is 3.10. The largest absolute Gasteiger partial charge is 0.495 e. The second kappa shape index (κ2) is 7.13. The number of carbonyl (C=O) groups is 1. The van der Waals surface area contributed by atoms with Crippen molar-refractivity contribution in [3.8, 4) is 22.1 Å². The third-order valence-electron chi connectivity index (χ3n) is 4.07. The van der Waals surface area contributed by atoms with E-state index in [-0.39, 0.29) is 17.3 Å². The fraction of sp³-hybridized carbons (Fsp3) is 0.278. The minimum absolute atomic E-state index is 0.0700. The van der Waals surface area contributed by atoms with Gasteiger partial charge in [-0.1, -0.05) is 30.0 Å². The number of aromatic nitrogens is 3. The molecule has 4 rings (SSSR count). The zero-order valence-corrected chi connectivity index (χ0v) is 15.9. The molecule has 0 spiro atoms. The van der Waals surface area contributed by atoms with E-state index in [0.29, 0.717) is 17.3 Å². The van der Waals surface area contributed by atoms with Crippen LogP contribution in [0, 0.1) is 0 Å². The van der Waals surface area contributed by atoms with Crippen LogP contribution in [0.1, 0.15) is 13.3 Å². The van der Waals surface area contributed by atoms with E-state index >= 15 is 0 Å². The van der Waals surface area contributed by atoms with Gasteiger partial charge in [-0.25, -0.2) is 0 Å². The molecular weight excluding hydrogens is 370 g/mol. The highest BCUT2D eigenvalue weighted by atomic mass is 32.2. The maximum absolute atomic E-state index is 12.1. The fourth-order valence-electron chi connectivity index (χ4n) is 2.89. The van der Waals surface area contributed by atoms with Crippen molar-refractivity contribution >= 4 is 29.1 Å². The van der Waals surface area contributed by atoms with Gasteiger partial charge in [0.15, 0.2) is 11.0 Å². The van der Waals surface area contributed by atoms with Gasteiger partial charge in [-0.05, 0) is 30.5 Å². The molecule has 1 aliphatic rings. The number of para-hydroxylation sites is 2. The van der Waals surface area contributed by atoms with Crippen LogP contribution < -0.4 is 4.74 Å². The molecule has 1 saturated heterocycles. The monoisotopic (exact) mass is 387 g/mol. The first-order chi connectivity index (χ1) is 12.7. The molecule has 1 fully saturated rings. The molecule has 0 amide bonds. The van der Waals surface area contributed by atoms with E-state index in [1.165, 1.54) is 11.8 Å². The highest BCUT2D eigenvalue weighted by molar-refractivity contribution is 8.00. The summed E-state index contributed by atoms with van der Waals surface area (Å²) in [7, 11) is 1.64. The molecule has 0 saturated carbocycles. The predicted molar refractivity (Wildman–Crippen MR) is 101 cm³/mol. The number of thiophene rings is 1. The molecule has 0 radical (unpaired) electrons. The molecule has 6 nitrogen and oxygen atoms in total. The summed E-state index contributed by atoms with van der Waals surface area (Å²) in [5, 5.41) is 11.1. The summed E-state index contributed by atoms with van der Waals surface area (Å²) in [5.41, 5.74) is 0.838. The smallest absolute Gasteiger partial charge is 0.319 e. The van der Waals surface area contributed by atoms with Crippen molar-refractivity contribution in [2.45, 2.75) is 29.9 Å². The average molecular weight is 387 g/mol. The summed E-state index contributed by atoms with van der Waals surface area (Å²) < 4.78 is 12.8. The Morgan fingerprint density at radius 3 is 2.81 bits per heavy atom. The van der Waals surface area contributed by atoms with Crippen LogP contribution >= 0.6 is 23.1 Å². The van der Waals surface area contributed by atoms with E-state index in [9.17, 15) is 4.79 Å². The van der Waals surface area contributed by atoms with Crippen LogP contribution in [0.4, 0.5) is 0 Å². The molecule has 3 aromatic rings. The SMILES string of the molecule is COc1ccccc1-n1c(S[C@@H]2C[C@H](C)OC2=O)nnc1-c1cccs1. The topological polar surface area (TPSA) is 66.2 Å². The number of nitrogens with zero attached hydrogens (tertiary/aromatic N) is 3. The number of hydrogen-bond acceptors (Lipinski definition) is 7. The van der Waals surface area contributed by atoms with E-state index < -0.39 is 0 Å². The summed E-state index contributed by atoms with van der Waals surface area (Å²) in [6.45, 7) is 1.90. The average Bonchev–Trinajstić information content (AvgIpc) is 3.36. The molecule has 0 unspecified atom stereocenters. The number of carbonyl (C=O) groups excluding carboxylic acids is 1. The molecule has 0 aliphatic carbocycles. The molecular formula is C18H17N3O3S2. The Hall–Kier alpha value is -2.32. The van der Waals surface area contributed by atoms with E-state index in [2.05, 4.69) is 10.2 Å². The molecule has 2 atom stereocenters. The predicted octanol–water partition coefficient (Wildman–Crippen LogP) is 3.80. The quantitative estimate of drug-likeness (QED) is 0.621. The summed E-state index contributed by atoms with van der Waals surface area (Å²) >= 11 is 2.98. The lowest BCUT2D eigenvalue weighted by molar-refractivity contribution is -0.140. The van der Waals surface area contributed by atoms with Gasteiger partial charge in [0, 0.05) is 6.42 Å². The van der Waals surface area contributed by atoms with Crippen LogP contribution in [0.15, 0.2) is 46.9 Å². The molecule has 1 aromatic carbocycles. The number of esters is 1. The Bertz CT molecular complexity index is 924. The normalized spacial score (nSPS) is 19.5. The lowest BCUT2D eigenvalue weighted by Crippen LogP contribution is -2.11. The summed E-state index contributed by atoms with van der Waals surface area (Å²) in [6, 6.07) is 11.7. The number of rotatable bonds is 5. The van der Waals surface area contributed by atoms with E-state index in [4.69, 9.17) is 9.47 Å². The van der Waals surface area contributed by atoms with Crippen molar-refractivity contribution in [3.05, 3.63) is 41.8 Å². The minimum Gasteiger partial charge on any atom is -0.495 e. The Kier molecular flexibility index (Phi) is 4.69. The molecule has 0 bridgehead atoms. The van der Waals surface area contributed by atoms with Crippen molar-refractivity contribution in [3.63, 3.8) is 0 Å². The number of methoxy groups -OCH3 is 1. The number of cyclic esters (lactones) is 1. The van der Waals surface area contributed by atoms with Gasteiger partial charge in [-0.2, -0.15) is 0 Å². The van der Waals surface area contributed by atoms with E-state index in [1.807, 2.05) is 53.3 Å². The Balaban J connectivity index is 1.81. The van der Waals surface area contributed by atoms with Crippen molar-refractivity contribution in [2.75, 3.05) is 7.11 Å². The number of hydrogen-bond donors (Lipinski definition) is 0. The second-order valence-electron chi connectivity index (χ2n) is 5.88. The molecule has 2 aromatic heterocycles. The van der Waals surface area contributed by atoms with Crippen molar-refractivity contribution in [1.29, 1.82) is 0 Å². The van der Waals surface area contributed by atoms with Gasteiger partial charge in [0.05, 0.1) is 17.7 Å². The van der Waals surface area contributed by atoms with Crippen molar-refractivity contribution in [1.82, 2.24) is 14.8 Å². The lowest BCUT2D eigenvalue weighted by atomic mass is 10.3. The van der Waals surface area contributed by atoms with Gasteiger partial charge in [0.2, 0.25) is 0 Å². The number of thioether (sulfide) groups is 1. The first kappa shape index (κ1) is 17.1. The van der Waals surface area contributed by atoms with Crippen molar-refractivity contribution in [2.24, 2.45) is 0 Å². The zero-order chi connectivity index (χ0) is 18.1. The van der Waals surface area contributed by atoms with Crippen LogP contribution in [-0.2, 0) is 9.53 Å². The molecule has 26 heavy (non-hydrogen) atoms.